The molecular formula is C21H26N2O. The van der Waals surface area contributed by atoms with Gasteiger partial charge in [0.05, 0.1) is 0 Å². The Morgan fingerprint density at radius 2 is 1.88 bits per heavy atom. The summed E-state index contributed by atoms with van der Waals surface area (Å²) in [6.45, 7) is 2.07. The van der Waals surface area contributed by atoms with Crippen LogP contribution in [0.1, 0.15) is 39.9 Å². The molecule has 1 aliphatic carbocycles. The number of amides is 1. The SMILES string of the molecule is Cc1ccc(C(=O)NC2CCCc3ccccc3C2)cc1N(C)C. The van der Waals surface area contributed by atoms with Gasteiger partial charge >= 0.3 is 0 Å². The molecule has 3 nitrogen and oxygen atoms in total. The zero-order chi connectivity index (χ0) is 17.1. The number of nitrogens with one attached hydrogen (secondary N) is 1. The highest BCUT2D eigenvalue weighted by atomic mass is 16.1. The van der Waals surface area contributed by atoms with Crippen molar-refractivity contribution in [1.82, 2.24) is 5.32 Å². The van der Waals surface area contributed by atoms with Gasteiger partial charge in [0.2, 0.25) is 0 Å². The maximum Gasteiger partial charge on any atom is 0.251 e. The standard InChI is InChI=1S/C21H26N2O/c1-15-11-12-18(14-20(15)23(2)3)21(24)22-19-10-6-9-16-7-4-5-8-17(16)13-19/h4-5,7-8,11-12,14,19H,6,9-10,13H2,1-3H3,(H,22,24). The van der Waals surface area contributed by atoms with E-state index in [1.807, 2.05) is 37.2 Å². The number of fused-ring (bicyclic) bond motifs is 1. The minimum Gasteiger partial charge on any atom is -0.377 e. The Hall–Kier alpha value is -2.29. The van der Waals surface area contributed by atoms with E-state index in [2.05, 4.69) is 36.5 Å². The van der Waals surface area contributed by atoms with E-state index in [0.29, 0.717) is 0 Å². The molecule has 126 valence electrons. The first kappa shape index (κ1) is 16.6. The van der Waals surface area contributed by atoms with E-state index in [1.54, 1.807) is 0 Å². The number of anilines is 1. The number of hydrogen-bond donors (Lipinski definition) is 1. The number of carbonyl (C=O) groups excluding carboxylic acids is 1. The summed E-state index contributed by atoms with van der Waals surface area (Å²) in [6.07, 6.45) is 4.19. The number of aryl methyl sites for hydroxylation is 2. The Labute approximate surface area is 144 Å². The lowest BCUT2D eigenvalue weighted by Gasteiger charge is -2.19. The van der Waals surface area contributed by atoms with Crippen molar-refractivity contribution in [3.05, 3.63) is 64.7 Å². The van der Waals surface area contributed by atoms with Gasteiger partial charge in [0.1, 0.15) is 0 Å². The molecule has 1 unspecified atom stereocenters. The molecule has 2 aromatic rings. The molecule has 0 saturated carbocycles. The second kappa shape index (κ2) is 7.08. The normalized spacial score (nSPS) is 16.9. The summed E-state index contributed by atoms with van der Waals surface area (Å²) in [5.41, 5.74) is 5.81. The lowest BCUT2D eigenvalue weighted by atomic mass is 10.0. The number of hydrogen-bond acceptors (Lipinski definition) is 2. The van der Waals surface area contributed by atoms with E-state index >= 15 is 0 Å². The molecule has 0 spiro atoms. The van der Waals surface area contributed by atoms with Gasteiger partial charge in [-0.2, -0.15) is 0 Å². The van der Waals surface area contributed by atoms with Crippen LogP contribution in [0.5, 0.6) is 0 Å². The molecule has 1 aliphatic rings. The molecule has 2 aromatic carbocycles. The molecule has 0 fully saturated rings. The van der Waals surface area contributed by atoms with Crippen molar-refractivity contribution in [1.29, 1.82) is 0 Å². The van der Waals surface area contributed by atoms with Crippen LogP contribution < -0.4 is 10.2 Å². The highest BCUT2D eigenvalue weighted by Gasteiger charge is 2.19. The van der Waals surface area contributed by atoms with Crippen LogP contribution in [0, 0.1) is 6.92 Å². The summed E-state index contributed by atoms with van der Waals surface area (Å²) >= 11 is 0. The highest BCUT2D eigenvalue weighted by molar-refractivity contribution is 5.95. The van der Waals surface area contributed by atoms with E-state index in [9.17, 15) is 4.79 Å². The zero-order valence-electron chi connectivity index (χ0n) is 14.8. The van der Waals surface area contributed by atoms with Gasteiger partial charge in [0, 0.05) is 31.4 Å². The molecule has 0 radical (unpaired) electrons. The van der Waals surface area contributed by atoms with Crippen LogP contribution in [0.15, 0.2) is 42.5 Å². The van der Waals surface area contributed by atoms with Crippen LogP contribution in [0.25, 0.3) is 0 Å². The summed E-state index contributed by atoms with van der Waals surface area (Å²) in [5, 5.41) is 3.24. The fourth-order valence-corrected chi connectivity index (χ4v) is 3.53. The second-order valence-corrected chi connectivity index (χ2v) is 6.93. The Bertz CT molecular complexity index is 736. The lowest BCUT2D eigenvalue weighted by molar-refractivity contribution is 0.0935. The van der Waals surface area contributed by atoms with E-state index in [-0.39, 0.29) is 11.9 Å². The van der Waals surface area contributed by atoms with Crippen molar-refractivity contribution in [2.45, 2.75) is 38.6 Å². The predicted molar refractivity (Wildman–Crippen MR) is 99.8 cm³/mol. The summed E-state index contributed by atoms with van der Waals surface area (Å²) in [5.74, 6) is 0.0301. The highest BCUT2D eigenvalue weighted by Crippen LogP contribution is 2.22. The average Bonchev–Trinajstić information content (AvgIpc) is 2.76. The van der Waals surface area contributed by atoms with Crippen molar-refractivity contribution >= 4 is 11.6 Å². The van der Waals surface area contributed by atoms with Gasteiger partial charge in [-0.3, -0.25) is 4.79 Å². The molecule has 24 heavy (non-hydrogen) atoms. The topological polar surface area (TPSA) is 32.3 Å². The first-order chi connectivity index (χ1) is 11.5. The van der Waals surface area contributed by atoms with Crippen LogP contribution in [-0.4, -0.2) is 26.0 Å². The Kier molecular flexibility index (Phi) is 4.89. The average molecular weight is 322 g/mol. The van der Waals surface area contributed by atoms with Crippen LogP contribution >= 0.6 is 0 Å². The fraction of sp³-hybridized carbons (Fsp3) is 0.381. The maximum atomic E-state index is 12.7. The maximum absolute atomic E-state index is 12.7. The predicted octanol–water partition coefficient (Wildman–Crippen LogP) is 3.74. The fourth-order valence-electron chi connectivity index (χ4n) is 3.53. The molecule has 0 heterocycles. The van der Waals surface area contributed by atoms with Gasteiger partial charge in [-0.15, -0.1) is 0 Å². The molecule has 1 N–H and O–H groups in total. The molecule has 0 aliphatic heterocycles. The minimum atomic E-state index is 0.0301. The summed E-state index contributed by atoms with van der Waals surface area (Å²) in [4.78, 5) is 14.7. The minimum absolute atomic E-state index is 0.0301. The number of benzene rings is 2. The van der Waals surface area contributed by atoms with E-state index in [4.69, 9.17) is 0 Å². The summed E-state index contributed by atoms with van der Waals surface area (Å²) < 4.78 is 0. The Morgan fingerprint density at radius 1 is 1.12 bits per heavy atom. The Balaban J connectivity index is 1.74. The summed E-state index contributed by atoms with van der Waals surface area (Å²) in [7, 11) is 4.01. The molecule has 0 aromatic heterocycles. The monoisotopic (exact) mass is 322 g/mol. The molecule has 3 rings (SSSR count). The van der Waals surface area contributed by atoms with Gasteiger partial charge in [-0.05, 0) is 61.4 Å². The van der Waals surface area contributed by atoms with Gasteiger partial charge in [-0.25, -0.2) is 0 Å². The first-order valence-corrected chi connectivity index (χ1v) is 8.70. The smallest absolute Gasteiger partial charge is 0.251 e. The molecule has 0 saturated heterocycles. The van der Waals surface area contributed by atoms with E-state index in [1.165, 1.54) is 16.7 Å². The summed E-state index contributed by atoms with van der Waals surface area (Å²) in [6, 6.07) is 14.7. The number of carbonyl (C=O) groups is 1. The first-order valence-electron chi connectivity index (χ1n) is 8.70. The van der Waals surface area contributed by atoms with Crippen LogP contribution in [0.4, 0.5) is 5.69 Å². The van der Waals surface area contributed by atoms with Crippen LogP contribution in [0.3, 0.4) is 0 Å². The molecule has 3 heteroatoms. The van der Waals surface area contributed by atoms with Gasteiger partial charge in [0.15, 0.2) is 0 Å². The molecule has 0 bridgehead atoms. The Morgan fingerprint density at radius 3 is 2.62 bits per heavy atom. The zero-order valence-corrected chi connectivity index (χ0v) is 14.8. The third kappa shape index (κ3) is 3.61. The number of rotatable bonds is 3. The van der Waals surface area contributed by atoms with Crippen molar-refractivity contribution in [3.63, 3.8) is 0 Å². The van der Waals surface area contributed by atoms with Gasteiger partial charge < -0.3 is 10.2 Å². The van der Waals surface area contributed by atoms with Crippen molar-refractivity contribution in [3.8, 4) is 0 Å². The van der Waals surface area contributed by atoms with Crippen molar-refractivity contribution < 1.29 is 4.79 Å². The largest absolute Gasteiger partial charge is 0.377 e. The lowest BCUT2D eigenvalue weighted by Crippen LogP contribution is -2.36. The second-order valence-electron chi connectivity index (χ2n) is 6.93. The van der Waals surface area contributed by atoms with E-state index < -0.39 is 0 Å². The third-order valence-corrected chi connectivity index (χ3v) is 4.87. The number of nitrogens with zero attached hydrogens (tertiary/aromatic N) is 1. The van der Waals surface area contributed by atoms with E-state index in [0.717, 1.165) is 36.9 Å². The van der Waals surface area contributed by atoms with Gasteiger partial charge in [-0.1, -0.05) is 30.3 Å². The van der Waals surface area contributed by atoms with Gasteiger partial charge in [0.25, 0.3) is 5.91 Å². The van der Waals surface area contributed by atoms with Crippen molar-refractivity contribution in [2.24, 2.45) is 0 Å². The molecule has 1 amide bonds. The molecular weight excluding hydrogens is 296 g/mol. The third-order valence-electron chi connectivity index (χ3n) is 4.87. The van der Waals surface area contributed by atoms with Crippen molar-refractivity contribution in [2.75, 3.05) is 19.0 Å². The van der Waals surface area contributed by atoms with Crippen LogP contribution in [-0.2, 0) is 12.8 Å². The van der Waals surface area contributed by atoms with Crippen LogP contribution in [0.2, 0.25) is 0 Å². The molecule has 1 atom stereocenters. The quantitative estimate of drug-likeness (QED) is 0.873.